The first kappa shape index (κ1) is 16.0. The lowest BCUT2D eigenvalue weighted by Gasteiger charge is -2.05. The van der Waals surface area contributed by atoms with Crippen LogP contribution >= 0.6 is 0 Å². The number of aromatic nitrogens is 4. The van der Waals surface area contributed by atoms with E-state index >= 15 is 0 Å². The predicted octanol–water partition coefficient (Wildman–Crippen LogP) is 2.61. The SMILES string of the molecule is Cc1cc(C)n(CCCNC(=O)c2cc(-c3ccc(C)o3)[nH]n2)n1. The monoisotopic (exact) mass is 327 g/mol. The highest BCUT2D eigenvalue weighted by Gasteiger charge is 2.12. The molecule has 7 nitrogen and oxygen atoms in total. The molecule has 0 saturated carbocycles. The minimum absolute atomic E-state index is 0.200. The molecule has 0 aromatic carbocycles. The Labute approximate surface area is 140 Å². The van der Waals surface area contributed by atoms with Crippen LogP contribution in [0.3, 0.4) is 0 Å². The van der Waals surface area contributed by atoms with Gasteiger partial charge in [0.25, 0.3) is 5.91 Å². The fourth-order valence-corrected chi connectivity index (χ4v) is 2.57. The number of aromatic amines is 1. The minimum atomic E-state index is -0.200. The summed E-state index contributed by atoms with van der Waals surface area (Å²) < 4.78 is 7.46. The van der Waals surface area contributed by atoms with Gasteiger partial charge >= 0.3 is 0 Å². The summed E-state index contributed by atoms with van der Waals surface area (Å²) in [6, 6.07) is 7.45. The molecule has 3 aromatic rings. The maximum absolute atomic E-state index is 12.1. The normalized spacial score (nSPS) is 11.0. The third kappa shape index (κ3) is 3.56. The average Bonchev–Trinajstić information content (AvgIpc) is 3.24. The second-order valence-corrected chi connectivity index (χ2v) is 5.84. The number of rotatable bonds is 6. The smallest absolute Gasteiger partial charge is 0.271 e. The topological polar surface area (TPSA) is 88.7 Å². The Kier molecular flexibility index (Phi) is 4.50. The van der Waals surface area contributed by atoms with E-state index in [0.29, 0.717) is 23.7 Å². The zero-order valence-corrected chi connectivity index (χ0v) is 14.1. The van der Waals surface area contributed by atoms with Crippen LogP contribution in [0, 0.1) is 20.8 Å². The summed E-state index contributed by atoms with van der Waals surface area (Å²) in [5, 5.41) is 14.1. The molecule has 0 radical (unpaired) electrons. The van der Waals surface area contributed by atoms with Crippen LogP contribution in [0.5, 0.6) is 0 Å². The molecule has 0 atom stereocenters. The van der Waals surface area contributed by atoms with Crippen LogP contribution in [0.25, 0.3) is 11.5 Å². The molecule has 0 aliphatic carbocycles. The molecule has 0 saturated heterocycles. The second kappa shape index (κ2) is 6.74. The molecule has 3 rings (SSSR count). The number of carbonyl (C=O) groups excluding carboxylic acids is 1. The standard InChI is InChI=1S/C17H21N5O2/c1-11-9-12(2)22(21-11)8-4-7-18-17(23)15-10-14(19-20-15)16-6-5-13(3)24-16/h5-6,9-10H,4,7-8H2,1-3H3,(H,18,23)(H,19,20). The van der Waals surface area contributed by atoms with E-state index in [1.54, 1.807) is 6.07 Å². The van der Waals surface area contributed by atoms with Crippen molar-refractivity contribution in [1.82, 2.24) is 25.3 Å². The molecule has 0 unspecified atom stereocenters. The maximum Gasteiger partial charge on any atom is 0.271 e. The van der Waals surface area contributed by atoms with Crippen LogP contribution in [0.2, 0.25) is 0 Å². The van der Waals surface area contributed by atoms with Crippen molar-refractivity contribution in [3.05, 3.63) is 47.1 Å². The molecule has 0 aliphatic rings. The summed E-state index contributed by atoms with van der Waals surface area (Å²) in [6.07, 6.45) is 0.808. The van der Waals surface area contributed by atoms with E-state index < -0.39 is 0 Å². The molecule has 126 valence electrons. The maximum atomic E-state index is 12.1. The second-order valence-electron chi connectivity index (χ2n) is 5.84. The van der Waals surface area contributed by atoms with Crippen LogP contribution in [0.15, 0.2) is 28.7 Å². The van der Waals surface area contributed by atoms with Gasteiger partial charge in [-0.2, -0.15) is 10.2 Å². The van der Waals surface area contributed by atoms with Gasteiger partial charge in [0.2, 0.25) is 0 Å². The Morgan fingerprint density at radius 3 is 2.79 bits per heavy atom. The van der Waals surface area contributed by atoms with E-state index in [2.05, 4.69) is 20.6 Å². The fourth-order valence-electron chi connectivity index (χ4n) is 2.57. The summed E-state index contributed by atoms with van der Waals surface area (Å²) in [4.78, 5) is 12.1. The van der Waals surface area contributed by atoms with Crippen molar-refractivity contribution in [2.45, 2.75) is 33.7 Å². The molecule has 24 heavy (non-hydrogen) atoms. The molecule has 7 heteroatoms. The highest BCUT2D eigenvalue weighted by molar-refractivity contribution is 5.93. The van der Waals surface area contributed by atoms with Crippen molar-refractivity contribution in [3.63, 3.8) is 0 Å². The van der Waals surface area contributed by atoms with E-state index in [4.69, 9.17) is 4.42 Å². The van der Waals surface area contributed by atoms with Crippen molar-refractivity contribution < 1.29 is 9.21 Å². The zero-order chi connectivity index (χ0) is 17.1. The quantitative estimate of drug-likeness (QED) is 0.681. The van der Waals surface area contributed by atoms with Gasteiger partial charge in [0.05, 0.1) is 5.69 Å². The van der Waals surface area contributed by atoms with Crippen molar-refractivity contribution in [3.8, 4) is 11.5 Å². The van der Waals surface area contributed by atoms with Crippen molar-refractivity contribution in [2.24, 2.45) is 0 Å². The Morgan fingerprint density at radius 1 is 1.29 bits per heavy atom. The number of amides is 1. The lowest BCUT2D eigenvalue weighted by atomic mass is 10.3. The van der Waals surface area contributed by atoms with Gasteiger partial charge in [-0.25, -0.2) is 0 Å². The number of hydrogen-bond acceptors (Lipinski definition) is 4. The first-order valence-electron chi connectivity index (χ1n) is 7.94. The third-order valence-electron chi connectivity index (χ3n) is 3.75. The van der Waals surface area contributed by atoms with E-state index in [-0.39, 0.29) is 5.91 Å². The molecule has 0 spiro atoms. The van der Waals surface area contributed by atoms with Gasteiger partial charge in [0.15, 0.2) is 11.5 Å². The molecule has 0 aliphatic heterocycles. The van der Waals surface area contributed by atoms with Gasteiger partial charge in [-0.05, 0) is 45.4 Å². The lowest BCUT2D eigenvalue weighted by Crippen LogP contribution is -2.25. The molecule has 2 N–H and O–H groups in total. The average molecular weight is 327 g/mol. The number of carbonyl (C=O) groups is 1. The zero-order valence-electron chi connectivity index (χ0n) is 14.1. The largest absolute Gasteiger partial charge is 0.460 e. The van der Waals surface area contributed by atoms with Gasteiger partial charge in [0.1, 0.15) is 11.5 Å². The lowest BCUT2D eigenvalue weighted by molar-refractivity contribution is 0.0947. The summed E-state index contributed by atoms with van der Waals surface area (Å²) >= 11 is 0. The summed E-state index contributed by atoms with van der Waals surface area (Å²) in [5.41, 5.74) is 3.18. The van der Waals surface area contributed by atoms with Crippen molar-refractivity contribution >= 4 is 5.91 Å². The molecule has 3 heterocycles. The molecular weight excluding hydrogens is 306 g/mol. The van der Waals surface area contributed by atoms with Gasteiger partial charge in [-0.3, -0.25) is 14.6 Å². The minimum Gasteiger partial charge on any atom is -0.460 e. The number of H-pyrrole nitrogens is 1. The van der Waals surface area contributed by atoms with E-state index in [0.717, 1.165) is 30.1 Å². The first-order valence-corrected chi connectivity index (χ1v) is 7.94. The number of aryl methyl sites for hydroxylation is 4. The molecule has 3 aromatic heterocycles. The number of nitrogens with zero attached hydrogens (tertiary/aromatic N) is 3. The van der Waals surface area contributed by atoms with Crippen LogP contribution in [-0.2, 0) is 6.54 Å². The summed E-state index contributed by atoms with van der Waals surface area (Å²) in [5.74, 6) is 1.28. The van der Waals surface area contributed by atoms with Crippen LogP contribution < -0.4 is 5.32 Å². The third-order valence-corrected chi connectivity index (χ3v) is 3.75. The van der Waals surface area contributed by atoms with Crippen molar-refractivity contribution in [2.75, 3.05) is 6.54 Å². The van der Waals surface area contributed by atoms with E-state index in [1.165, 1.54) is 0 Å². The van der Waals surface area contributed by atoms with Gasteiger partial charge in [-0.1, -0.05) is 0 Å². The van der Waals surface area contributed by atoms with Crippen molar-refractivity contribution in [1.29, 1.82) is 0 Å². The van der Waals surface area contributed by atoms with Gasteiger partial charge < -0.3 is 9.73 Å². The van der Waals surface area contributed by atoms with Crippen LogP contribution in [0.4, 0.5) is 0 Å². The molecule has 1 amide bonds. The number of hydrogen-bond donors (Lipinski definition) is 2. The van der Waals surface area contributed by atoms with E-state index in [1.807, 2.05) is 43.7 Å². The fraction of sp³-hybridized carbons (Fsp3) is 0.353. The number of nitrogens with one attached hydrogen (secondary N) is 2. The molecule has 0 bridgehead atoms. The van der Waals surface area contributed by atoms with Gasteiger partial charge in [0, 0.05) is 24.8 Å². The Hall–Kier alpha value is -2.83. The number of furan rings is 1. The summed E-state index contributed by atoms with van der Waals surface area (Å²) in [6.45, 7) is 7.22. The van der Waals surface area contributed by atoms with E-state index in [9.17, 15) is 4.79 Å². The Balaban J connectivity index is 1.50. The molecule has 0 fully saturated rings. The molecular formula is C17H21N5O2. The Bertz CT molecular complexity index is 843. The predicted molar refractivity (Wildman–Crippen MR) is 89.7 cm³/mol. The highest BCUT2D eigenvalue weighted by Crippen LogP contribution is 2.20. The highest BCUT2D eigenvalue weighted by atomic mass is 16.3. The summed E-state index contributed by atoms with van der Waals surface area (Å²) in [7, 11) is 0. The van der Waals surface area contributed by atoms with Crippen LogP contribution in [-0.4, -0.2) is 32.4 Å². The Morgan fingerprint density at radius 2 is 2.12 bits per heavy atom. The van der Waals surface area contributed by atoms with Crippen LogP contribution in [0.1, 0.15) is 34.1 Å². The van der Waals surface area contributed by atoms with Gasteiger partial charge in [-0.15, -0.1) is 0 Å². The first-order chi connectivity index (χ1) is 11.5.